The fourth-order valence-electron chi connectivity index (χ4n) is 11.1. The summed E-state index contributed by atoms with van der Waals surface area (Å²) in [5, 5.41) is 2.46. The molecular formula is C62H45N. The molecule has 0 saturated heterocycles. The van der Waals surface area contributed by atoms with Crippen molar-refractivity contribution in [2.24, 2.45) is 0 Å². The smallest absolute Gasteiger partial charge is 0.0713 e. The molecule has 0 unspecified atom stereocenters. The molecule has 0 N–H and O–H groups in total. The van der Waals surface area contributed by atoms with Gasteiger partial charge in [0.2, 0.25) is 0 Å². The van der Waals surface area contributed by atoms with E-state index in [9.17, 15) is 0 Å². The van der Waals surface area contributed by atoms with E-state index in [2.05, 4.69) is 255 Å². The van der Waals surface area contributed by atoms with Crippen LogP contribution in [0.4, 0.5) is 17.1 Å². The minimum absolute atomic E-state index is 0.137. The van der Waals surface area contributed by atoms with Crippen LogP contribution in [-0.4, -0.2) is 0 Å². The van der Waals surface area contributed by atoms with E-state index in [0.29, 0.717) is 0 Å². The van der Waals surface area contributed by atoms with E-state index in [0.717, 1.165) is 17.1 Å². The monoisotopic (exact) mass is 803 g/mol. The largest absolute Gasteiger partial charge is 0.310 e. The van der Waals surface area contributed by atoms with E-state index >= 15 is 0 Å². The van der Waals surface area contributed by atoms with Crippen molar-refractivity contribution >= 4 is 27.8 Å². The summed E-state index contributed by atoms with van der Waals surface area (Å²) in [6.45, 7) is 4.74. The molecule has 0 atom stereocenters. The van der Waals surface area contributed by atoms with Gasteiger partial charge in [-0.1, -0.05) is 220 Å². The van der Waals surface area contributed by atoms with Gasteiger partial charge < -0.3 is 4.90 Å². The molecule has 0 heterocycles. The standard InChI is InChI=1S/C62H45N/c1-61(2)54-30-16-14-27-51(54)52-39-38-48(41-57(52)61)63(58-40-35-42-19-12-13-26-49(42)59(58)44-20-6-3-7-21-44)47-36-33-43(34-37-47)50-29-18-32-56-60(50)53-28-15-17-31-55(53)62(56,45-22-8-4-9-23-45)46-24-10-5-11-25-46/h3-41H,1-2H3. The molecule has 0 spiro atoms. The van der Waals surface area contributed by atoms with Crippen LogP contribution in [0.15, 0.2) is 237 Å². The van der Waals surface area contributed by atoms with Crippen LogP contribution in [0.25, 0.3) is 55.3 Å². The van der Waals surface area contributed by atoms with Gasteiger partial charge in [0, 0.05) is 22.4 Å². The number of fused-ring (bicyclic) bond motifs is 7. The van der Waals surface area contributed by atoms with Crippen LogP contribution < -0.4 is 4.90 Å². The molecule has 1 heteroatoms. The molecule has 0 aliphatic heterocycles. The summed E-state index contributed by atoms with van der Waals surface area (Å²) >= 11 is 0. The van der Waals surface area contributed by atoms with Crippen LogP contribution in [0.2, 0.25) is 0 Å². The number of hydrogen-bond donors (Lipinski definition) is 0. The maximum Gasteiger partial charge on any atom is 0.0713 e. The van der Waals surface area contributed by atoms with Gasteiger partial charge in [-0.2, -0.15) is 0 Å². The van der Waals surface area contributed by atoms with E-state index in [1.54, 1.807) is 0 Å². The van der Waals surface area contributed by atoms with Crippen LogP contribution >= 0.6 is 0 Å². The first-order chi connectivity index (χ1) is 31.0. The minimum Gasteiger partial charge on any atom is -0.310 e. The number of benzene rings is 10. The third kappa shape index (κ3) is 5.56. The summed E-state index contributed by atoms with van der Waals surface area (Å²) < 4.78 is 0. The summed E-state index contributed by atoms with van der Waals surface area (Å²) in [5.41, 5.74) is 20.8. The lowest BCUT2D eigenvalue weighted by Crippen LogP contribution is -2.28. The lowest BCUT2D eigenvalue weighted by molar-refractivity contribution is 0.660. The Balaban J connectivity index is 1.06. The number of rotatable bonds is 7. The van der Waals surface area contributed by atoms with Crippen molar-refractivity contribution in [3.05, 3.63) is 270 Å². The summed E-state index contributed by atoms with van der Waals surface area (Å²) in [5.74, 6) is 0. The van der Waals surface area contributed by atoms with Crippen molar-refractivity contribution in [3.8, 4) is 44.5 Å². The van der Waals surface area contributed by atoms with Crippen molar-refractivity contribution < 1.29 is 0 Å². The second-order valence-electron chi connectivity index (χ2n) is 17.6. The van der Waals surface area contributed by atoms with Crippen molar-refractivity contribution in [3.63, 3.8) is 0 Å². The van der Waals surface area contributed by atoms with Crippen molar-refractivity contribution in [2.75, 3.05) is 4.90 Å². The molecule has 0 bridgehead atoms. The molecule has 1 nitrogen and oxygen atoms in total. The Kier molecular flexibility index (Phi) is 8.49. The molecule has 0 aromatic heterocycles. The first-order valence-electron chi connectivity index (χ1n) is 22.1. The van der Waals surface area contributed by atoms with Crippen LogP contribution in [0.3, 0.4) is 0 Å². The Hall–Kier alpha value is -7.74. The molecule has 10 aromatic rings. The Bertz CT molecular complexity index is 3310. The molecule has 10 aromatic carbocycles. The van der Waals surface area contributed by atoms with Crippen molar-refractivity contribution in [1.29, 1.82) is 0 Å². The van der Waals surface area contributed by atoms with Gasteiger partial charge in [-0.25, -0.2) is 0 Å². The maximum atomic E-state index is 2.48. The zero-order valence-electron chi connectivity index (χ0n) is 35.5. The van der Waals surface area contributed by atoms with Crippen LogP contribution in [0.1, 0.15) is 47.2 Å². The second kappa shape index (κ2) is 14.4. The quantitative estimate of drug-likeness (QED) is 0.155. The second-order valence-corrected chi connectivity index (χ2v) is 17.6. The first-order valence-corrected chi connectivity index (χ1v) is 22.1. The van der Waals surface area contributed by atoms with Gasteiger partial charge in [0.1, 0.15) is 0 Å². The van der Waals surface area contributed by atoms with Gasteiger partial charge in [-0.15, -0.1) is 0 Å². The van der Waals surface area contributed by atoms with E-state index < -0.39 is 5.41 Å². The Morgan fingerprint density at radius 2 is 0.889 bits per heavy atom. The Labute approximate surface area is 370 Å². The highest BCUT2D eigenvalue weighted by Gasteiger charge is 2.46. The fourth-order valence-corrected chi connectivity index (χ4v) is 11.1. The van der Waals surface area contributed by atoms with Gasteiger partial charge >= 0.3 is 0 Å². The zero-order chi connectivity index (χ0) is 42.1. The van der Waals surface area contributed by atoms with E-state index in [1.165, 1.54) is 88.7 Å². The minimum atomic E-state index is -0.452. The Morgan fingerprint density at radius 3 is 1.62 bits per heavy atom. The van der Waals surface area contributed by atoms with Crippen molar-refractivity contribution in [2.45, 2.75) is 24.7 Å². The molecule has 0 saturated carbocycles. The highest BCUT2D eigenvalue weighted by molar-refractivity contribution is 6.06. The van der Waals surface area contributed by atoms with Crippen molar-refractivity contribution in [1.82, 2.24) is 0 Å². The van der Waals surface area contributed by atoms with E-state index in [4.69, 9.17) is 0 Å². The molecule has 2 aliphatic carbocycles. The predicted molar refractivity (Wildman–Crippen MR) is 264 cm³/mol. The topological polar surface area (TPSA) is 3.24 Å². The average Bonchev–Trinajstić information content (AvgIpc) is 3.78. The zero-order valence-corrected chi connectivity index (χ0v) is 35.5. The third-order valence-corrected chi connectivity index (χ3v) is 14.0. The summed E-state index contributed by atoms with van der Waals surface area (Å²) in [6, 6.07) is 87.7. The molecular weight excluding hydrogens is 759 g/mol. The van der Waals surface area contributed by atoms with Crippen LogP contribution in [0, 0.1) is 0 Å². The third-order valence-electron chi connectivity index (χ3n) is 14.0. The molecule has 0 radical (unpaired) electrons. The molecule has 63 heavy (non-hydrogen) atoms. The molecule has 298 valence electrons. The van der Waals surface area contributed by atoms with Crippen LogP contribution in [-0.2, 0) is 10.8 Å². The maximum absolute atomic E-state index is 2.48. The fraction of sp³-hybridized carbons (Fsp3) is 0.0645. The average molecular weight is 804 g/mol. The molecule has 2 aliphatic rings. The highest BCUT2D eigenvalue weighted by Crippen LogP contribution is 2.58. The number of nitrogens with zero attached hydrogens (tertiary/aromatic N) is 1. The lowest BCUT2D eigenvalue weighted by Gasteiger charge is -2.34. The normalized spacial score (nSPS) is 13.8. The highest BCUT2D eigenvalue weighted by atomic mass is 15.1. The summed E-state index contributed by atoms with van der Waals surface area (Å²) in [6.07, 6.45) is 0. The van der Waals surface area contributed by atoms with Gasteiger partial charge in [0.25, 0.3) is 0 Å². The number of anilines is 3. The lowest BCUT2D eigenvalue weighted by atomic mass is 9.67. The van der Waals surface area contributed by atoms with E-state index in [-0.39, 0.29) is 5.41 Å². The molecule has 0 amide bonds. The summed E-state index contributed by atoms with van der Waals surface area (Å²) in [4.78, 5) is 2.48. The van der Waals surface area contributed by atoms with Crippen LogP contribution in [0.5, 0.6) is 0 Å². The molecule has 12 rings (SSSR count). The first kappa shape index (κ1) is 37.1. The van der Waals surface area contributed by atoms with Gasteiger partial charge in [-0.05, 0) is 113 Å². The van der Waals surface area contributed by atoms with Gasteiger partial charge in [-0.3, -0.25) is 0 Å². The number of hydrogen-bond acceptors (Lipinski definition) is 1. The predicted octanol–water partition coefficient (Wildman–Crippen LogP) is 16.3. The van der Waals surface area contributed by atoms with Gasteiger partial charge in [0.15, 0.2) is 0 Å². The van der Waals surface area contributed by atoms with Gasteiger partial charge in [0.05, 0.1) is 11.1 Å². The Morgan fingerprint density at radius 1 is 0.333 bits per heavy atom. The van der Waals surface area contributed by atoms with E-state index in [1.807, 2.05) is 0 Å². The summed E-state index contributed by atoms with van der Waals surface area (Å²) in [7, 11) is 0. The SMILES string of the molecule is CC1(C)c2ccccc2-c2ccc(N(c3ccc(-c4cccc5c4-c4ccccc4C5(c4ccccc4)c4ccccc4)cc3)c3ccc4ccccc4c3-c3ccccc3)cc21. The molecule has 0 fully saturated rings.